The first-order valence-corrected chi connectivity index (χ1v) is 39.5. The molecule has 0 saturated carbocycles. The van der Waals surface area contributed by atoms with Crippen LogP contribution in [0.3, 0.4) is 0 Å². The van der Waals surface area contributed by atoms with Gasteiger partial charge in [-0.2, -0.15) is 0 Å². The molecule has 0 saturated heterocycles. The zero-order valence-corrected chi connectivity index (χ0v) is 59.5. The number of phosphoric acid groups is 2. The average molecular weight is 1310 g/mol. The summed E-state index contributed by atoms with van der Waals surface area (Å²) in [6.45, 7) is 9.55. The fourth-order valence-electron chi connectivity index (χ4n) is 10.6. The van der Waals surface area contributed by atoms with E-state index < -0.39 is 97.5 Å². The van der Waals surface area contributed by atoms with Crippen molar-refractivity contribution in [2.75, 3.05) is 39.6 Å². The van der Waals surface area contributed by atoms with Crippen LogP contribution in [0.2, 0.25) is 0 Å². The van der Waals surface area contributed by atoms with Crippen molar-refractivity contribution in [3.63, 3.8) is 0 Å². The van der Waals surface area contributed by atoms with Crippen LogP contribution in [0, 0.1) is 11.8 Å². The molecule has 89 heavy (non-hydrogen) atoms. The van der Waals surface area contributed by atoms with E-state index >= 15 is 0 Å². The van der Waals surface area contributed by atoms with Gasteiger partial charge >= 0.3 is 39.5 Å². The van der Waals surface area contributed by atoms with Gasteiger partial charge in [-0.15, -0.1) is 0 Å². The third kappa shape index (κ3) is 63.2. The molecule has 0 rings (SSSR count). The molecule has 0 spiro atoms. The van der Waals surface area contributed by atoms with Crippen LogP contribution in [0.25, 0.3) is 0 Å². The maximum Gasteiger partial charge on any atom is 0.472 e. The largest absolute Gasteiger partial charge is 0.472 e. The van der Waals surface area contributed by atoms with Gasteiger partial charge in [-0.3, -0.25) is 37.3 Å². The summed E-state index contributed by atoms with van der Waals surface area (Å²) in [4.78, 5) is 72.5. The summed E-state index contributed by atoms with van der Waals surface area (Å²) in [6, 6.07) is 0. The van der Waals surface area contributed by atoms with Crippen LogP contribution in [-0.2, 0) is 65.4 Å². The van der Waals surface area contributed by atoms with Gasteiger partial charge in [0.15, 0.2) is 12.2 Å². The molecule has 0 bridgehead atoms. The maximum atomic E-state index is 13.0. The summed E-state index contributed by atoms with van der Waals surface area (Å²) in [5.41, 5.74) is 0. The number of aliphatic hydroxyl groups is 1. The van der Waals surface area contributed by atoms with Gasteiger partial charge in [-0.25, -0.2) is 9.13 Å². The van der Waals surface area contributed by atoms with Crippen LogP contribution in [0.5, 0.6) is 0 Å². The number of phosphoric ester groups is 2. The Morgan fingerprint density at radius 3 is 0.854 bits per heavy atom. The number of unbranched alkanes of at least 4 members (excludes halogenated alkanes) is 38. The van der Waals surface area contributed by atoms with E-state index in [4.69, 9.17) is 37.0 Å². The Hall–Kier alpha value is -1.94. The van der Waals surface area contributed by atoms with Gasteiger partial charge in [0.2, 0.25) is 0 Å². The minimum absolute atomic E-state index is 0.106. The standard InChI is InChI=1S/C70H136O17P2/c1-7-10-12-14-16-18-27-34-40-46-52-67(72)80-58-65(86-69(74)54-48-42-36-28-19-17-15-13-11-8-2)60-84-88(76,77)82-56-64(71)57-83-89(78,79)85-61-66(59-81-68(73)53-47-41-35-31-30-32-38-44-50-62(4)5)87-70(75)55-49-43-37-29-25-23-21-20-22-24-26-33-39-45-51-63(6)9-3/h62-66,71H,7-61H2,1-6H3,(H,76,77)(H,78,79)/t63?,64-,65+,66+/m0/s1. The minimum atomic E-state index is -4.95. The predicted octanol–water partition coefficient (Wildman–Crippen LogP) is 20.0. The maximum absolute atomic E-state index is 13.0. The van der Waals surface area contributed by atoms with Crippen molar-refractivity contribution < 1.29 is 80.2 Å². The number of hydrogen-bond acceptors (Lipinski definition) is 15. The Balaban J connectivity index is 5.21. The van der Waals surface area contributed by atoms with Crippen molar-refractivity contribution in [3.8, 4) is 0 Å². The monoisotopic (exact) mass is 1310 g/mol. The van der Waals surface area contributed by atoms with Crippen molar-refractivity contribution >= 4 is 39.5 Å². The summed E-state index contributed by atoms with van der Waals surface area (Å²) in [7, 11) is -9.90. The SMILES string of the molecule is CCCCCCCCCCCCC(=O)OC[C@H](COP(=O)(O)OC[C@H](O)COP(=O)(O)OC[C@@H](COC(=O)CCCCCCCCCCC(C)C)OC(=O)CCCCCCCCCCCCCCCCC(C)CC)OC(=O)CCCCCCCCCCCC. The summed E-state index contributed by atoms with van der Waals surface area (Å²) < 4.78 is 68.2. The van der Waals surface area contributed by atoms with E-state index in [0.717, 1.165) is 102 Å². The Morgan fingerprint density at radius 2 is 0.573 bits per heavy atom. The molecule has 0 aromatic rings. The Morgan fingerprint density at radius 1 is 0.326 bits per heavy atom. The van der Waals surface area contributed by atoms with Gasteiger partial charge in [0.25, 0.3) is 0 Å². The van der Waals surface area contributed by atoms with Crippen molar-refractivity contribution in [3.05, 3.63) is 0 Å². The van der Waals surface area contributed by atoms with E-state index in [0.29, 0.717) is 25.7 Å². The molecule has 3 N–H and O–H groups in total. The van der Waals surface area contributed by atoms with Gasteiger partial charge in [-0.1, -0.05) is 305 Å². The average Bonchev–Trinajstić information content (AvgIpc) is 3.72. The molecule has 0 amide bonds. The fourth-order valence-corrected chi connectivity index (χ4v) is 12.1. The molecule has 19 heteroatoms. The summed E-state index contributed by atoms with van der Waals surface area (Å²) in [5.74, 6) is -0.553. The van der Waals surface area contributed by atoms with Gasteiger partial charge in [0, 0.05) is 25.7 Å². The normalized spacial score (nSPS) is 14.4. The molecule has 0 aromatic heterocycles. The van der Waals surface area contributed by atoms with Crippen LogP contribution in [0.1, 0.15) is 356 Å². The molecular formula is C70H136O17P2. The number of aliphatic hydroxyl groups excluding tert-OH is 1. The van der Waals surface area contributed by atoms with Crippen molar-refractivity contribution in [1.82, 2.24) is 0 Å². The van der Waals surface area contributed by atoms with Crippen LogP contribution < -0.4 is 0 Å². The molecular weight excluding hydrogens is 1170 g/mol. The third-order valence-corrected chi connectivity index (χ3v) is 18.5. The lowest BCUT2D eigenvalue weighted by Crippen LogP contribution is -2.30. The number of rotatable bonds is 69. The van der Waals surface area contributed by atoms with Gasteiger partial charge in [0.05, 0.1) is 26.4 Å². The van der Waals surface area contributed by atoms with Gasteiger partial charge in [0.1, 0.15) is 19.3 Å². The molecule has 528 valence electrons. The number of carbonyl (C=O) groups excluding carboxylic acids is 4. The first-order valence-electron chi connectivity index (χ1n) is 36.5. The van der Waals surface area contributed by atoms with Crippen LogP contribution in [0.15, 0.2) is 0 Å². The van der Waals surface area contributed by atoms with Gasteiger partial charge in [-0.05, 0) is 37.5 Å². The highest BCUT2D eigenvalue weighted by Crippen LogP contribution is 2.45. The fraction of sp³-hybridized carbons (Fsp3) is 0.943. The Labute approximate surface area is 543 Å². The van der Waals surface area contributed by atoms with E-state index in [9.17, 15) is 43.2 Å². The lowest BCUT2D eigenvalue weighted by atomic mass is 9.99. The van der Waals surface area contributed by atoms with Gasteiger partial charge < -0.3 is 33.8 Å². The second kappa shape index (κ2) is 62.2. The van der Waals surface area contributed by atoms with Crippen molar-refractivity contribution in [2.45, 2.75) is 374 Å². The smallest absolute Gasteiger partial charge is 0.462 e. The van der Waals surface area contributed by atoms with E-state index in [1.807, 2.05) is 0 Å². The van der Waals surface area contributed by atoms with Crippen molar-refractivity contribution in [2.24, 2.45) is 11.8 Å². The zero-order valence-electron chi connectivity index (χ0n) is 57.7. The molecule has 0 radical (unpaired) electrons. The molecule has 3 unspecified atom stereocenters. The molecule has 0 aromatic carbocycles. The number of ether oxygens (including phenoxy) is 4. The molecule has 0 fully saturated rings. The highest BCUT2D eigenvalue weighted by Gasteiger charge is 2.30. The number of esters is 4. The summed E-state index contributed by atoms with van der Waals surface area (Å²) in [5, 5.41) is 10.6. The van der Waals surface area contributed by atoms with Crippen LogP contribution in [0.4, 0.5) is 0 Å². The predicted molar refractivity (Wildman–Crippen MR) is 358 cm³/mol. The Kier molecular flexibility index (Phi) is 60.8. The lowest BCUT2D eigenvalue weighted by molar-refractivity contribution is -0.161. The highest BCUT2D eigenvalue weighted by molar-refractivity contribution is 7.47. The minimum Gasteiger partial charge on any atom is -0.462 e. The quantitative estimate of drug-likeness (QED) is 0.0222. The second-order valence-corrected chi connectivity index (χ2v) is 28.9. The van der Waals surface area contributed by atoms with Crippen LogP contribution >= 0.6 is 15.6 Å². The molecule has 6 atom stereocenters. The van der Waals surface area contributed by atoms with E-state index in [-0.39, 0.29) is 25.7 Å². The lowest BCUT2D eigenvalue weighted by Gasteiger charge is -2.21. The second-order valence-electron chi connectivity index (χ2n) is 26.0. The van der Waals surface area contributed by atoms with Crippen LogP contribution in [-0.4, -0.2) is 96.7 Å². The van der Waals surface area contributed by atoms with E-state index in [1.54, 1.807) is 0 Å². The number of carbonyl (C=O) groups is 4. The molecule has 0 heterocycles. The first kappa shape index (κ1) is 87.1. The topological polar surface area (TPSA) is 237 Å². The molecule has 0 aliphatic rings. The highest BCUT2D eigenvalue weighted by atomic mass is 31.2. The molecule has 0 aliphatic carbocycles. The third-order valence-electron chi connectivity index (χ3n) is 16.6. The van der Waals surface area contributed by atoms with E-state index in [2.05, 4.69) is 41.5 Å². The molecule has 17 nitrogen and oxygen atoms in total. The first-order chi connectivity index (χ1) is 42.9. The molecule has 0 aliphatic heterocycles. The summed E-state index contributed by atoms with van der Waals surface area (Å²) in [6.07, 6.45) is 47.1. The van der Waals surface area contributed by atoms with Crippen molar-refractivity contribution in [1.29, 1.82) is 0 Å². The summed E-state index contributed by atoms with van der Waals surface area (Å²) >= 11 is 0. The van der Waals surface area contributed by atoms with E-state index in [1.165, 1.54) is 173 Å². The zero-order chi connectivity index (χ0) is 65.7. The Bertz CT molecular complexity index is 1740. The number of hydrogen-bond donors (Lipinski definition) is 3.